The number of carboxylic acid groups (broad SMARTS) is 1. The molecule has 3 heterocycles. The number of ether oxygens (including phenoxy) is 1. The molecule has 11 heteroatoms. The monoisotopic (exact) mass is 471 g/mol. The molecule has 3 fully saturated rings. The van der Waals surface area contributed by atoms with Crippen molar-refractivity contribution in [2.45, 2.75) is 43.8 Å². The highest BCUT2D eigenvalue weighted by atomic mass is 35.5. The molecule has 32 heavy (non-hydrogen) atoms. The summed E-state index contributed by atoms with van der Waals surface area (Å²) in [5, 5.41) is 13.2. The van der Waals surface area contributed by atoms with Gasteiger partial charge in [0.1, 0.15) is 5.69 Å². The summed E-state index contributed by atoms with van der Waals surface area (Å²) in [4.78, 5) is 40.5. The van der Waals surface area contributed by atoms with Gasteiger partial charge in [0, 0.05) is 25.2 Å². The molecule has 4 N–H and O–H groups in total. The van der Waals surface area contributed by atoms with Gasteiger partial charge in [0.05, 0.1) is 18.4 Å². The van der Waals surface area contributed by atoms with E-state index < -0.39 is 29.4 Å². The van der Waals surface area contributed by atoms with Gasteiger partial charge in [-0.3, -0.25) is 9.59 Å². The van der Waals surface area contributed by atoms with E-state index in [0.29, 0.717) is 31.8 Å². The first-order chi connectivity index (χ1) is 14.4. The normalized spacial score (nSPS) is 26.6. The second-order valence-electron chi connectivity index (χ2n) is 8.58. The summed E-state index contributed by atoms with van der Waals surface area (Å²) >= 11 is 0. The largest absolute Gasteiger partial charge is 0.492 e. The van der Waals surface area contributed by atoms with Crippen LogP contribution in [0.2, 0.25) is 0 Å². The fourth-order valence-electron chi connectivity index (χ4n) is 5.24. The Labute approximate surface area is 190 Å². The molecular formula is C21H27ClFN3O6. The third-order valence-electron chi connectivity index (χ3n) is 6.73. The second-order valence-corrected chi connectivity index (χ2v) is 8.58. The van der Waals surface area contributed by atoms with Crippen molar-refractivity contribution >= 4 is 41.3 Å². The van der Waals surface area contributed by atoms with Crippen molar-refractivity contribution in [2.24, 2.45) is 5.92 Å². The van der Waals surface area contributed by atoms with Gasteiger partial charge >= 0.3 is 5.97 Å². The Morgan fingerprint density at radius 2 is 1.94 bits per heavy atom. The van der Waals surface area contributed by atoms with Crippen LogP contribution in [0.1, 0.15) is 36.0 Å². The molecule has 0 radical (unpaired) electrons. The second kappa shape index (κ2) is 8.84. The Hall–Kier alpha value is -2.43. The third-order valence-corrected chi connectivity index (χ3v) is 6.73. The summed E-state index contributed by atoms with van der Waals surface area (Å²) in [7, 11) is 1.39. The number of fused-ring (bicyclic) bond motifs is 2. The number of carbonyl (C=O) groups excluding carboxylic acids is 2. The van der Waals surface area contributed by atoms with Crippen molar-refractivity contribution in [2.75, 3.05) is 36.5 Å². The molecule has 0 bridgehead atoms. The smallest absolute Gasteiger partial charge is 0.334 e. The summed E-state index contributed by atoms with van der Waals surface area (Å²) in [5.74, 6) is -3.48. The van der Waals surface area contributed by atoms with Gasteiger partial charge in [-0.1, -0.05) is 0 Å². The molecule has 5 rings (SSSR count). The number of nitrogens with zero attached hydrogens (tertiary/aromatic N) is 2. The third kappa shape index (κ3) is 3.60. The maximum absolute atomic E-state index is 15.3. The van der Waals surface area contributed by atoms with Crippen molar-refractivity contribution in [3.05, 3.63) is 17.4 Å². The average Bonchev–Trinajstić information content (AvgIpc) is 3.47. The summed E-state index contributed by atoms with van der Waals surface area (Å²) < 4.78 is 20.9. The van der Waals surface area contributed by atoms with E-state index in [1.807, 2.05) is 4.90 Å². The lowest BCUT2D eigenvalue weighted by Gasteiger charge is -2.37. The van der Waals surface area contributed by atoms with E-state index in [1.54, 1.807) is 0 Å². The van der Waals surface area contributed by atoms with E-state index in [4.69, 9.17) is 4.74 Å². The van der Waals surface area contributed by atoms with E-state index in [1.165, 1.54) is 12.0 Å². The molecule has 0 aromatic heterocycles. The van der Waals surface area contributed by atoms with Crippen molar-refractivity contribution in [1.29, 1.82) is 0 Å². The van der Waals surface area contributed by atoms with Crippen molar-refractivity contribution in [3.8, 4) is 5.75 Å². The first kappa shape index (κ1) is 24.2. The van der Waals surface area contributed by atoms with E-state index >= 15 is 4.39 Å². The number of anilines is 2. The number of halogens is 2. The number of Topliss-reactive ketones (excluding diaryl/α,β-unsaturated/α-hetero) is 2. The molecule has 1 aliphatic carbocycles. The van der Waals surface area contributed by atoms with E-state index in [0.717, 1.165) is 25.5 Å². The molecule has 2 saturated heterocycles. The number of benzene rings is 1. The van der Waals surface area contributed by atoms with Crippen LogP contribution >= 0.6 is 12.4 Å². The van der Waals surface area contributed by atoms with Crippen LogP contribution in [0.4, 0.5) is 15.8 Å². The van der Waals surface area contributed by atoms with Crippen LogP contribution in [0, 0.1) is 11.7 Å². The summed E-state index contributed by atoms with van der Waals surface area (Å²) in [6.45, 7) is 2.20. The minimum Gasteiger partial charge on any atom is -0.492 e. The van der Waals surface area contributed by atoms with Crippen LogP contribution in [0.25, 0.3) is 0 Å². The van der Waals surface area contributed by atoms with Crippen molar-refractivity contribution in [3.63, 3.8) is 0 Å². The van der Waals surface area contributed by atoms with Gasteiger partial charge in [-0.2, -0.15) is 0 Å². The van der Waals surface area contributed by atoms with Gasteiger partial charge < -0.3 is 30.4 Å². The number of ketones is 2. The predicted octanol–water partition coefficient (Wildman–Crippen LogP) is 0.807. The number of piperidine rings is 1. The maximum atomic E-state index is 15.3. The van der Waals surface area contributed by atoms with Crippen LogP contribution in [-0.2, 0) is 9.59 Å². The standard InChI is InChI=1S/C21H24FN3O5.ClH.H2O/c1-30-20-15-12(18(26)19(27)17(21(28)29)25(15)11-4-5-11)7-13(22)16(20)24-8-10-3-2-6-23-14(10)9-24;;/h7,10-11,14,17,23H,2-6,8-9H2,1H3,(H,28,29);1H;1H2/t10-,14+,17?;;/m0../s1. The molecule has 1 aromatic carbocycles. The Morgan fingerprint density at radius 3 is 2.53 bits per heavy atom. The Bertz CT molecular complexity index is 942. The molecule has 3 atom stereocenters. The topological polar surface area (TPSA) is 131 Å². The molecule has 3 aliphatic heterocycles. The Balaban J connectivity index is 0.00000144. The summed E-state index contributed by atoms with van der Waals surface area (Å²) in [6, 6.07) is -0.450. The molecule has 1 aromatic rings. The molecule has 0 spiro atoms. The van der Waals surface area contributed by atoms with E-state index in [9.17, 15) is 19.5 Å². The number of carbonyl (C=O) groups is 3. The number of methoxy groups -OCH3 is 1. The lowest BCUT2D eigenvalue weighted by Crippen LogP contribution is -2.54. The van der Waals surface area contributed by atoms with E-state index in [2.05, 4.69) is 5.32 Å². The Kier molecular flexibility index (Phi) is 6.69. The number of aliphatic carboxylic acids is 1. The fourth-order valence-corrected chi connectivity index (χ4v) is 5.24. The van der Waals surface area contributed by atoms with Crippen LogP contribution in [-0.4, -0.2) is 73.0 Å². The molecule has 1 saturated carbocycles. The molecule has 1 unspecified atom stereocenters. The van der Waals surface area contributed by atoms with Crippen molar-refractivity contribution < 1.29 is 34.1 Å². The SMILES string of the molecule is COc1c(N2C[C@@H]3CCCN[C@@H]3C2)c(F)cc2c1N(C1CC1)C(C(=O)O)C(=O)C2=O.Cl.O. The van der Waals surface area contributed by atoms with Gasteiger partial charge in [0.25, 0.3) is 0 Å². The minimum atomic E-state index is -1.60. The number of hydrogen-bond donors (Lipinski definition) is 2. The molecule has 0 amide bonds. The predicted molar refractivity (Wildman–Crippen MR) is 117 cm³/mol. The van der Waals surface area contributed by atoms with Gasteiger partial charge in [0.15, 0.2) is 17.6 Å². The Morgan fingerprint density at radius 1 is 1.22 bits per heavy atom. The van der Waals surface area contributed by atoms with Crippen LogP contribution in [0.5, 0.6) is 5.75 Å². The fraction of sp³-hybridized carbons (Fsp3) is 0.571. The number of nitrogens with one attached hydrogen (secondary N) is 1. The quantitative estimate of drug-likeness (QED) is 0.487. The maximum Gasteiger partial charge on any atom is 0.334 e. The van der Waals surface area contributed by atoms with Gasteiger partial charge in [-0.25, -0.2) is 9.18 Å². The highest BCUT2D eigenvalue weighted by Crippen LogP contribution is 2.50. The zero-order valence-corrected chi connectivity index (χ0v) is 18.4. The van der Waals surface area contributed by atoms with Crippen LogP contribution in [0.3, 0.4) is 0 Å². The van der Waals surface area contributed by atoms with Crippen LogP contribution in [0.15, 0.2) is 6.07 Å². The lowest BCUT2D eigenvalue weighted by molar-refractivity contribution is -0.141. The molecular weight excluding hydrogens is 445 g/mol. The first-order valence-electron chi connectivity index (χ1n) is 10.4. The molecule has 9 nitrogen and oxygen atoms in total. The first-order valence-corrected chi connectivity index (χ1v) is 10.4. The van der Waals surface area contributed by atoms with Crippen LogP contribution < -0.4 is 19.9 Å². The van der Waals surface area contributed by atoms with E-state index in [-0.39, 0.29) is 52.7 Å². The van der Waals surface area contributed by atoms with Gasteiger partial charge in [-0.15, -0.1) is 12.4 Å². The van der Waals surface area contributed by atoms with Gasteiger partial charge in [-0.05, 0) is 44.2 Å². The zero-order chi connectivity index (χ0) is 21.2. The summed E-state index contributed by atoms with van der Waals surface area (Å²) in [5.41, 5.74) is 0.359. The number of carboxylic acids is 1. The number of hydrogen-bond acceptors (Lipinski definition) is 7. The average molecular weight is 472 g/mol. The summed E-state index contributed by atoms with van der Waals surface area (Å²) in [6.07, 6.45) is 3.55. The highest BCUT2D eigenvalue weighted by Gasteiger charge is 2.51. The number of rotatable bonds is 4. The molecule has 176 valence electrons. The zero-order valence-electron chi connectivity index (χ0n) is 17.6. The lowest BCUT2D eigenvalue weighted by atomic mass is 9.91. The minimum absolute atomic E-state index is 0. The van der Waals surface area contributed by atoms with Gasteiger partial charge in [0.2, 0.25) is 11.6 Å². The molecule has 4 aliphatic rings. The highest BCUT2D eigenvalue weighted by molar-refractivity contribution is 6.51. The van der Waals surface area contributed by atoms with Crippen molar-refractivity contribution in [1.82, 2.24) is 5.32 Å².